The van der Waals surface area contributed by atoms with Crippen LogP contribution in [0.1, 0.15) is 52.6 Å². The number of rotatable bonds is 3. The molecular weight excluding hydrogens is 274 g/mol. The minimum Gasteiger partial charge on any atom is -0.285 e. The van der Waals surface area contributed by atoms with Crippen molar-refractivity contribution < 1.29 is 9.59 Å². The van der Waals surface area contributed by atoms with E-state index < -0.39 is 11.6 Å². The summed E-state index contributed by atoms with van der Waals surface area (Å²) in [6.45, 7) is 6.27. The van der Waals surface area contributed by atoms with Gasteiger partial charge in [0, 0.05) is 11.1 Å². The summed E-state index contributed by atoms with van der Waals surface area (Å²) in [5, 5.41) is 8.74. The minimum atomic E-state index is -0.562. The summed E-state index contributed by atoms with van der Waals surface area (Å²) in [5.41, 5.74) is 2.23. The maximum absolute atomic E-state index is 12.2. The van der Waals surface area contributed by atoms with Crippen molar-refractivity contribution in [2.75, 3.05) is 0 Å². The van der Waals surface area contributed by atoms with E-state index in [1.165, 1.54) is 24.3 Å². The molecule has 0 saturated carbocycles. The summed E-state index contributed by atoms with van der Waals surface area (Å²) in [7, 11) is 0. The van der Waals surface area contributed by atoms with Crippen molar-refractivity contribution in [1.29, 1.82) is 5.26 Å². The molecule has 0 spiro atoms. The van der Waals surface area contributed by atoms with Crippen LogP contribution in [0.4, 0.5) is 0 Å². The first-order valence-corrected chi connectivity index (χ1v) is 7.02. The van der Waals surface area contributed by atoms with E-state index in [4.69, 9.17) is 5.26 Å². The Hall–Kier alpha value is -2.73. The van der Waals surface area contributed by atoms with Crippen LogP contribution in [-0.2, 0) is 5.41 Å². The molecular formula is C19H17NO2. The number of nitrogens with zero attached hydrogens (tertiary/aromatic N) is 1. The van der Waals surface area contributed by atoms with E-state index in [0.29, 0.717) is 16.7 Å². The molecule has 3 nitrogen and oxygen atoms in total. The molecule has 0 amide bonds. The molecule has 3 heteroatoms. The average molecular weight is 291 g/mol. The Morgan fingerprint density at radius 1 is 0.818 bits per heavy atom. The van der Waals surface area contributed by atoms with Crippen molar-refractivity contribution in [3.05, 3.63) is 70.8 Å². The molecule has 0 atom stereocenters. The van der Waals surface area contributed by atoms with Crippen LogP contribution >= 0.6 is 0 Å². The fourth-order valence-corrected chi connectivity index (χ4v) is 2.08. The number of Topliss-reactive ketones (excluding diaryl/α,β-unsaturated/α-hetero) is 2. The van der Waals surface area contributed by atoms with Crippen molar-refractivity contribution in [2.45, 2.75) is 26.2 Å². The second kappa shape index (κ2) is 5.95. The van der Waals surface area contributed by atoms with Crippen LogP contribution in [0.25, 0.3) is 0 Å². The van der Waals surface area contributed by atoms with Crippen LogP contribution in [0.3, 0.4) is 0 Å². The molecule has 0 aliphatic heterocycles. The fourth-order valence-electron chi connectivity index (χ4n) is 2.08. The van der Waals surface area contributed by atoms with Crippen molar-refractivity contribution in [1.82, 2.24) is 0 Å². The van der Waals surface area contributed by atoms with Crippen molar-refractivity contribution in [3.8, 4) is 6.07 Å². The van der Waals surface area contributed by atoms with E-state index in [9.17, 15) is 9.59 Å². The lowest BCUT2D eigenvalue weighted by molar-refractivity contribution is 0.0817. The summed E-state index contributed by atoms with van der Waals surface area (Å²) in [4.78, 5) is 24.4. The fraction of sp³-hybridized carbons (Fsp3) is 0.211. The Morgan fingerprint density at radius 2 is 1.23 bits per heavy atom. The zero-order valence-corrected chi connectivity index (χ0v) is 12.9. The molecule has 22 heavy (non-hydrogen) atoms. The maximum Gasteiger partial charge on any atom is 0.233 e. The molecule has 0 fully saturated rings. The molecule has 0 unspecified atom stereocenters. The first-order valence-electron chi connectivity index (χ1n) is 7.02. The standard InChI is InChI=1S/C19H17NO2/c1-19(2,3)16-10-8-15(9-11-16)18(22)17(21)14-6-4-13(12-20)5-7-14/h4-11H,1-3H3. The van der Waals surface area contributed by atoms with E-state index in [-0.39, 0.29) is 5.41 Å². The summed E-state index contributed by atoms with van der Waals surface area (Å²) in [5.74, 6) is -1.10. The quantitative estimate of drug-likeness (QED) is 0.636. The molecule has 0 heterocycles. The summed E-state index contributed by atoms with van der Waals surface area (Å²) < 4.78 is 0. The smallest absolute Gasteiger partial charge is 0.233 e. The zero-order valence-electron chi connectivity index (χ0n) is 12.9. The third-order valence-corrected chi connectivity index (χ3v) is 3.50. The Bertz CT molecular complexity index is 742. The molecule has 0 N–H and O–H groups in total. The molecule has 0 saturated heterocycles. The van der Waals surface area contributed by atoms with Gasteiger partial charge in [-0.05, 0) is 35.2 Å². The van der Waals surface area contributed by atoms with Gasteiger partial charge in [-0.25, -0.2) is 0 Å². The number of ketones is 2. The van der Waals surface area contributed by atoms with Crippen LogP contribution in [0.5, 0.6) is 0 Å². The normalized spacial score (nSPS) is 10.8. The lowest BCUT2D eigenvalue weighted by Crippen LogP contribution is -2.16. The molecule has 0 aromatic heterocycles. The Balaban J connectivity index is 2.23. The summed E-state index contributed by atoms with van der Waals surface area (Å²) >= 11 is 0. The van der Waals surface area contributed by atoms with E-state index >= 15 is 0 Å². The van der Waals surface area contributed by atoms with Crippen LogP contribution < -0.4 is 0 Å². The molecule has 0 bridgehead atoms. The van der Waals surface area contributed by atoms with E-state index in [0.717, 1.165) is 5.56 Å². The monoisotopic (exact) mass is 291 g/mol. The molecule has 0 aliphatic rings. The number of hydrogen-bond donors (Lipinski definition) is 0. The van der Waals surface area contributed by atoms with Gasteiger partial charge >= 0.3 is 0 Å². The zero-order chi connectivity index (χ0) is 16.3. The lowest BCUT2D eigenvalue weighted by Gasteiger charge is -2.18. The van der Waals surface area contributed by atoms with Gasteiger partial charge in [0.25, 0.3) is 0 Å². The second-order valence-electron chi connectivity index (χ2n) is 6.17. The molecule has 110 valence electrons. The third kappa shape index (κ3) is 3.29. The highest BCUT2D eigenvalue weighted by atomic mass is 16.2. The molecule has 2 aromatic rings. The lowest BCUT2D eigenvalue weighted by atomic mass is 9.86. The van der Waals surface area contributed by atoms with Crippen molar-refractivity contribution in [2.24, 2.45) is 0 Å². The van der Waals surface area contributed by atoms with Crippen LogP contribution in [0.15, 0.2) is 48.5 Å². The van der Waals surface area contributed by atoms with Gasteiger partial charge in [-0.15, -0.1) is 0 Å². The van der Waals surface area contributed by atoms with E-state index in [2.05, 4.69) is 20.8 Å². The highest BCUT2D eigenvalue weighted by molar-refractivity contribution is 6.49. The second-order valence-corrected chi connectivity index (χ2v) is 6.17. The molecule has 0 aliphatic carbocycles. The number of benzene rings is 2. The largest absolute Gasteiger partial charge is 0.285 e. The number of hydrogen-bond acceptors (Lipinski definition) is 3. The van der Waals surface area contributed by atoms with Gasteiger partial charge in [-0.2, -0.15) is 5.26 Å². The summed E-state index contributed by atoms with van der Waals surface area (Å²) in [6, 6.07) is 15.2. The van der Waals surface area contributed by atoms with E-state index in [1.807, 2.05) is 18.2 Å². The first-order chi connectivity index (χ1) is 10.3. The van der Waals surface area contributed by atoms with Crippen LogP contribution in [-0.4, -0.2) is 11.6 Å². The Labute approximate surface area is 130 Å². The highest BCUT2D eigenvalue weighted by Crippen LogP contribution is 2.22. The summed E-state index contributed by atoms with van der Waals surface area (Å²) in [6.07, 6.45) is 0. The average Bonchev–Trinajstić information content (AvgIpc) is 2.53. The van der Waals surface area contributed by atoms with Crippen LogP contribution in [0.2, 0.25) is 0 Å². The van der Waals surface area contributed by atoms with Gasteiger partial charge in [0.05, 0.1) is 11.6 Å². The predicted octanol–water partition coefficient (Wildman–Crippen LogP) is 3.92. The third-order valence-electron chi connectivity index (χ3n) is 3.50. The maximum atomic E-state index is 12.2. The van der Waals surface area contributed by atoms with E-state index in [1.54, 1.807) is 12.1 Å². The van der Waals surface area contributed by atoms with Gasteiger partial charge in [0.15, 0.2) is 0 Å². The molecule has 2 rings (SSSR count). The predicted molar refractivity (Wildman–Crippen MR) is 85.0 cm³/mol. The number of nitriles is 1. The number of carbonyl (C=O) groups excluding carboxylic acids is 2. The van der Waals surface area contributed by atoms with Crippen LogP contribution in [0, 0.1) is 11.3 Å². The van der Waals surface area contributed by atoms with Gasteiger partial charge in [-0.1, -0.05) is 45.0 Å². The molecule has 0 radical (unpaired) electrons. The Morgan fingerprint density at radius 3 is 1.59 bits per heavy atom. The number of carbonyl (C=O) groups is 2. The van der Waals surface area contributed by atoms with Gasteiger partial charge in [-0.3, -0.25) is 9.59 Å². The van der Waals surface area contributed by atoms with Gasteiger partial charge in [0.1, 0.15) is 0 Å². The topological polar surface area (TPSA) is 57.9 Å². The Kier molecular flexibility index (Phi) is 4.23. The SMILES string of the molecule is CC(C)(C)c1ccc(C(=O)C(=O)c2ccc(C#N)cc2)cc1. The van der Waals surface area contributed by atoms with Crippen molar-refractivity contribution >= 4 is 11.6 Å². The first kappa shape index (κ1) is 15.7. The minimum absolute atomic E-state index is 0.00128. The van der Waals surface area contributed by atoms with Gasteiger partial charge < -0.3 is 0 Å². The highest BCUT2D eigenvalue weighted by Gasteiger charge is 2.19. The van der Waals surface area contributed by atoms with Crippen molar-refractivity contribution in [3.63, 3.8) is 0 Å². The van der Waals surface area contributed by atoms with Gasteiger partial charge in [0.2, 0.25) is 11.6 Å². The molecule has 2 aromatic carbocycles.